The second kappa shape index (κ2) is 4.73. The van der Waals surface area contributed by atoms with Crippen LogP contribution >= 0.6 is 0 Å². The zero-order chi connectivity index (χ0) is 11.5. The highest BCUT2D eigenvalue weighted by Crippen LogP contribution is 2.29. The fourth-order valence-corrected chi connectivity index (χ4v) is 2.49. The van der Waals surface area contributed by atoms with Gasteiger partial charge in [-0.05, 0) is 31.2 Å². The highest BCUT2D eigenvalue weighted by atomic mass is 16.1. The number of pyridine rings is 1. The Bertz CT molecular complexity index is 411. The first-order valence-electron chi connectivity index (χ1n) is 6.12. The van der Waals surface area contributed by atoms with Crippen LogP contribution in [0.2, 0.25) is 0 Å². The zero-order valence-corrected chi connectivity index (χ0v) is 10.1. The van der Waals surface area contributed by atoms with E-state index in [1.165, 1.54) is 25.7 Å². The Hall–Kier alpha value is -1.25. The van der Waals surface area contributed by atoms with E-state index in [1.54, 1.807) is 17.7 Å². The Kier molecular flexibility index (Phi) is 3.32. The molecule has 2 unspecified atom stereocenters. The standard InChI is InChI=1S/C13H20N2O/c1-3-10-4-5-11(8-10)14-12-6-7-13(16)15(2)9-12/h6-7,9-11,14H,3-5,8H2,1-2H3. The fourth-order valence-electron chi connectivity index (χ4n) is 2.49. The molecule has 0 bridgehead atoms. The van der Waals surface area contributed by atoms with Crippen LogP contribution in [0, 0.1) is 5.92 Å². The number of aryl methyl sites for hydroxylation is 1. The van der Waals surface area contributed by atoms with Crippen molar-refractivity contribution < 1.29 is 0 Å². The normalized spacial score (nSPS) is 24.6. The van der Waals surface area contributed by atoms with Crippen molar-refractivity contribution in [1.82, 2.24) is 4.57 Å². The Balaban J connectivity index is 1.99. The molecular formula is C13H20N2O. The Morgan fingerprint density at radius 1 is 1.44 bits per heavy atom. The van der Waals surface area contributed by atoms with E-state index in [0.29, 0.717) is 6.04 Å². The van der Waals surface area contributed by atoms with Crippen LogP contribution in [-0.2, 0) is 7.05 Å². The molecule has 88 valence electrons. The predicted octanol–water partition coefficient (Wildman–Crippen LogP) is 2.38. The van der Waals surface area contributed by atoms with Gasteiger partial charge in [-0.15, -0.1) is 0 Å². The van der Waals surface area contributed by atoms with Crippen molar-refractivity contribution >= 4 is 5.69 Å². The van der Waals surface area contributed by atoms with Crippen LogP contribution in [0.3, 0.4) is 0 Å². The van der Waals surface area contributed by atoms with Gasteiger partial charge in [0, 0.05) is 25.4 Å². The Morgan fingerprint density at radius 2 is 2.25 bits per heavy atom. The number of aromatic nitrogens is 1. The second-order valence-corrected chi connectivity index (χ2v) is 4.80. The van der Waals surface area contributed by atoms with E-state index >= 15 is 0 Å². The van der Waals surface area contributed by atoms with Crippen LogP contribution in [0.5, 0.6) is 0 Å². The number of rotatable bonds is 3. The summed E-state index contributed by atoms with van der Waals surface area (Å²) in [7, 11) is 1.79. The Morgan fingerprint density at radius 3 is 2.88 bits per heavy atom. The summed E-state index contributed by atoms with van der Waals surface area (Å²) >= 11 is 0. The van der Waals surface area contributed by atoms with Gasteiger partial charge >= 0.3 is 0 Å². The molecule has 1 N–H and O–H groups in total. The molecule has 1 aromatic rings. The van der Waals surface area contributed by atoms with Crippen molar-refractivity contribution in [2.45, 2.75) is 38.6 Å². The lowest BCUT2D eigenvalue weighted by atomic mass is 10.1. The molecule has 0 radical (unpaired) electrons. The van der Waals surface area contributed by atoms with Crippen LogP contribution in [0.15, 0.2) is 23.1 Å². The molecule has 1 aliphatic rings. The van der Waals surface area contributed by atoms with Gasteiger partial charge < -0.3 is 9.88 Å². The van der Waals surface area contributed by atoms with E-state index in [4.69, 9.17) is 0 Å². The first-order valence-corrected chi connectivity index (χ1v) is 6.12. The summed E-state index contributed by atoms with van der Waals surface area (Å²) in [5.74, 6) is 0.880. The van der Waals surface area contributed by atoms with E-state index < -0.39 is 0 Å². The maximum Gasteiger partial charge on any atom is 0.250 e. The maximum atomic E-state index is 11.2. The average Bonchev–Trinajstić information content (AvgIpc) is 2.71. The van der Waals surface area contributed by atoms with Crippen molar-refractivity contribution in [2.24, 2.45) is 13.0 Å². The average molecular weight is 220 g/mol. The molecule has 1 aromatic heterocycles. The van der Waals surface area contributed by atoms with Crippen LogP contribution in [0.1, 0.15) is 32.6 Å². The number of anilines is 1. The molecule has 3 nitrogen and oxygen atoms in total. The largest absolute Gasteiger partial charge is 0.381 e. The topological polar surface area (TPSA) is 34.0 Å². The second-order valence-electron chi connectivity index (χ2n) is 4.80. The smallest absolute Gasteiger partial charge is 0.250 e. The lowest BCUT2D eigenvalue weighted by Gasteiger charge is -2.14. The summed E-state index contributed by atoms with van der Waals surface area (Å²) < 4.78 is 1.62. The highest BCUT2D eigenvalue weighted by Gasteiger charge is 2.22. The van der Waals surface area contributed by atoms with Gasteiger partial charge in [-0.1, -0.05) is 13.3 Å². The first-order chi connectivity index (χ1) is 7.69. The van der Waals surface area contributed by atoms with E-state index in [9.17, 15) is 4.79 Å². The summed E-state index contributed by atoms with van der Waals surface area (Å²) in [5.41, 5.74) is 1.10. The van der Waals surface area contributed by atoms with Crippen LogP contribution in [-0.4, -0.2) is 10.6 Å². The third-order valence-corrected chi connectivity index (χ3v) is 3.58. The van der Waals surface area contributed by atoms with Gasteiger partial charge in [-0.2, -0.15) is 0 Å². The van der Waals surface area contributed by atoms with Crippen molar-refractivity contribution in [2.75, 3.05) is 5.32 Å². The van der Waals surface area contributed by atoms with E-state index in [2.05, 4.69) is 12.2 Å². The minimum Gasteiger partial charge on any atom is -0.381 e. The van der Waals surface area contributed by atoms with E-state index in [1.807, 2.05) is 12.3 Å². The van der Waals surface area contributed by atoms with Crippen molar-refractivity contribution in [1.29, 1.82) is 0 Å². The van der Waals surface area contributed by atoms with Gasteiger partial charge in [0.25, 0.3) is 0 Å². The molecule has 3 heteroatoms. The Labute approximate surface area is 96.5 Å². The molecule has 0 saturated heterocycles. The summed E-state index contributed by atoms with van der Waals surface area (Å²) in [5, 5.41) is 3.51. The first kappa shape index (κ1) is 11.2. The van der Waals surface area contributed by atoms with Crippen molar-refractivity contribution in [3.05, 3.63) is 28.7 Å². The predicted molar refractivity (Wildman–Crippen MR) is 66.7 cm³/mol. The highest BCUT2D eigenvalue weighted by molar-refractivity contribution is 5.41. The molecule has 1 heterocycles. The lowest BCUT2D eigenvalue weighted by molar-refractivity contribution is 0.525. The van der Waals surface area contributed by atoms with Crippen LogP contribution < -0.4 is 10.9 Å². The summed E-state index contributed by atoms with van der Waals surface area (Å²) in [6.45, 7) is 2.26. The summed E-state index contributed by atoms with van der Waals surface area (Å²) in [6, 6.07) is 4.08. The molecule has 16 heavy (non-hydrogen) atoms. The molecule has 2 rings (SSSR count). The van der Waals surface area contributed by atoms with Crippen LogP contribution in [0.4, 0.5) is 5.69 Å². The number of nitrogens with one attached hydrogen (secondary N) is 1. The third kappa shape index (κ3) is 2.46. The zero-order valence-electron chi connectivity index (χ0n) is 10.1. The molecule has 0 spiro atoms. The minimum atomic E-state index is 0.0448. The van der Waals surface area contributed by atoms with Gasteiger partial charge in [-0.3, -0.25) is 4.79 Å². The van der Waals surface area contributed by atoms with E-state index in [-0.39, 0.29) is 5.56 Å². The number of hydrogen-bond donors (Lipinski definition) is 1. The maximum absolute atomic E-state index is 11.2. The van der Waals surface area contributed by atoms with Crippen LogP contribution in [0.25, 0.3) is 0 Å². The van der Waals surface area contributed by atoms with Gasteiger partial charge in [0.05, 0.1) is 5.69 Å². The van der Waals surface area contributed by atoms with Gasteiger partial charge in [-0.25, -0.2) is 0 Å². The number of nitrogens with zero attached hydrogens (tertiary/aromatic N) is 1. The van der Waals surface area contributed by atoms with Gasteiger partial charge in [0.15, 0.2) is 0 Å². The quantitative estimate of drug-likeness (QED) is 0.848. The lowest BCUT2D eigenvalue weighted by Crippen LogP contribution is -2.19. The minimum absolute atomic E-state index is 0.0448. The number of hydrogen-bond acceptors (Lipinski definition) is 2. The third-order valence-electron chi connectivity index (χ3n) is 3.58. The molecule has 0 amide bonds. The fraction of sp³-hybridized carbons (Fsp3) is 0.615. The molecule has 0 aliphatic heterocycles. The van der Waals surface area contributed by atoms with Gasteiger partial charge in [0.2, 0.25) is 5.56 Å². The van der Waals surface area contributed by atoms with E-state index in [0.717, 1.165) is 11.6 Å². The molecule has 0 aromatic carbocycles. The summed E-state index contributed by atoms with van der Waals surface area (Å²) in [4.78, 5) is 11.2. The molecule has 2 atom stereocenters. The molecule has 1 aliphatic carbocycles. The van der Waals surface area contributed by atoms with Crippen molar-refractivity contribution in [3.63, 3.8) is 0 Å². The monoisotopic (exact) mass is 220 g/mol. The van der Waals surface area contributed by atoms with Gasteiger partial charge in [0.1, 0.15) is 0 Å². The SMILES string of the molecule is CCC1CCC(Nc2ccc(=O)n(C)c2)C1. The molecule has 1 saturated carbocycles. The molecule has 1 fully saturated rings. The van der Waals surface area contributed by atoms with Crippen molar-refractivity contribution in [3.8, 4) is 0 Å². The summed E-state index contributed by atoms with van der Waals surface area (Å²) in [6.07, 6.45) is 7.01. The molecular weight excluding hydrogens is 200 g/mol.